The molecule has 98 valence electrons. The maximum absolute atomic E-state index is 12.3. The van der Waals surface area contributed by atoms with Gasteiger partial charge in [-0.15, -0.1) is 12.4 Å². The minimum absolute atomic E-state index is 0. The Bertz CT molecular complexity index is 427. The van der Waals surface area contributed by atoms with Gasteiger partial charge in [0, 0.05) is 19.8 Å². The fraction of sp³-hybridized carbons (Fsp3) is 0.500. The lowest BCUT2D eigenvalue weighted by molar-refractivity contribution is 0.211. The summed E-state index contributed by atoms with van der Waals surface area (Å²) in [5, 5.41) is 3.36. The third-order valence-electron chi connectivity index (χ3n) is 3.68. The van der Waals surface area contributed by atoms with Gasteiger partial charge in [-0.1, -0.05) is 0 Å². The molecule has 2 fully saturated rings. The van der Waals surface area contributed by atoms with E-state index in [2.05, 4.69) is 10.3 Å². The lowest BCUT2D eigenvalue weighted by Crippen LogP contribution is -2.50. The van der Waals surface area contributed by atoms with Crippen LogP contribution in [0.4, 0.5) is 10.5 Å². The van der Waals surface area contributed by atoms with E-state index < -0.39 is 0 Å². The summed E-state index contributed by atoms with van der Waals surface area (Å²) in [5.41, 5.74) is 0.889. The van der Waals surface area contributed by atoms with Crippen LogP contribution in [0.15, 0.2) is 24.5 Å². The Kier molecular flexibility index (Phi) is 3.73. The van der Waals surface area contributed by atoms with Gasteiger partial charge >= 0.3 is 6.03 Å². The number of nitrogens with one attached hydrogen (secondary N) is 1. The van der Waals surface area contributed by atoms with Crippen LogP contribution in [0.3, 0.4) is 0 Å². The average molecular weight is 269 g/mol. The van der Waals surface area contributed by atoms with E-state index in [1.165, 1.54) is 0 Å². The van der Waals surface area contributed by atoms with Crippen LogP contribution in [0, 0.1) is 0 Å². The quantitative estimate of drug-likeness (QED) is 0.830. The predicted octanol–water partition coefficient (Wildman–Crippen LogP) is 1.11. The van der Waals surface area contributed by atoms with Crippen molar-refractivity contribution in [3.8, 4) is 0 Å². The third-order valence-corrected chi connectivity index (χ3v) is 3.68. The van der Waals surface area contributed by atoms with E-state index in [0.717, 1.165) is 25.2 Å². The monoisotopic (exact) mass is 268 g/mol. The molecule has 0 saturated carbocycles. The molecule has 2 amide bonds. The Morgan fingerprint density at radius 2 is 2.28 bits per heavy atom. The summed E-state index contributed by atoms with van der Waals surface area (Å²) in [6, 6.07) is 4.44. The van der Waals surface area contributed by atoms with Crippen molar-refractivity contribution in [3.05, 3.63) is 24.5 Å². The minimum Gasteiger partial charge on any atom is -0.322 e. The topological polar surface area (TPSA) is 48.5 Å². The maximum Gasteiger partial charge on any atom is 0.324 e. The lowest BCUT2D eigenvalue weighted by atomic mass is 10.0. The van der Waals surface area contributed by atoms with E-state index in [-0.39, 0.29) is 24.5 Å². The molecule has 0 aliphatic carbocycles. The second-order valence-electron chi connectivity index (χ2n) is 4.60. The van der Waals surface area contributed by atoms with Crippen molar-refractivity contribution in [1.82, 2.24) is 15.2 Å². The zero-order valence-electron chi connectivity index (χ0n) is 10.2. The first-order valence-corrected chi connectivity index (χ1v) is 5.96. The second-order valence-corrected chi connectivity index (χ2v) is 4.60. The summed E-state index contributed by atoms with van der Waals surface area (Å²) >= 11 is 0. The van der Waals surface area contributed by atoms with Crippen LogP contribution in [0.5, 0.6) is 0 Å². The highest BCUT2D eigenvalue weighted by Crippen LogP contribution is 2.30. The number of rotatable bonds is 1. The number of hydrogen-bond acceptors (Lipinski definition) is 3. The number of urea groups is 1. The normalized spacial score (nSPS) is 26.8. The van der Waals surface area contributed by atoms with E-state index in [0.29, 0.717) is 6.04 Å². The molecule has 3 rings (SSSR count). The molecule has 3 heterocycles. The molecule has 2 aliphatic heterocycles. The second kappa shape index (κ2) is 5.12. The van der Waals surface area contributed by atoms with Gasteiger partial charge in [0.1, 0.15) is 0 Å². The summed E-state index contributed by atoms with van der Waals surface area (Å²) in [5.74, 6) is 0. The molecule has 18 heavy (non-hydrogen) atoms. The molecule has 0 spiro atoms. The van der Waals surface area contributed by atoms with Crippen LogP contribution in [-0.2, 0) is 0 Å². The minimum atomic E-state index is 0. The van der Waals surface area contributed by atoms with Gasteiger partial charge in [0.15, 0.2) is 0 Å². The molecular formula is C12H17ClN4O. The number of nitrogens with zero attached hydrogens (tertiary/aromatic N) is 3. The third kappa shape index (κ3) is 1.93. The number of anilines is 1. The highest BCUT2D eigenvalue weighted by atomic mass is 35.5. The number of aromatic nitrogens is 1. The molecule has 5 nitrogen and oxygen atoms in total. The highest BCUT2D eigenvalue weighted by Gasteiger charge is 2.45. The average Bonchev–Trinajstić information content (AvgIpc) is 2.64. The molecule has 1 aromatic heterocycles. The number of carbonyl (C=O) groups excluding carboxylic acids is 1. The first kappa shape index (κ1) is 13.1. The fourth-order valence-electron chi connectivity index (χ4n) is 2.80. The van der Waals surface area contributed by atoms with Gasteiger partial charge in [-0.05, 0) is 25.1 Å². The van der Waals surface area contributed by atoms with Crippen LogP contribution >= 0.6 is 12.4 Å². The number of amides is 2. The smallest absolute Gasteiger partial charge is 0.322 e. The van der Waals surface area contributed by atoms with Crippen molar-refractivity contribution in [1.29, 1.82) is 0 Å². The fourth-order valence-corrected chi connectivity index (χ4v) is 2.80. The Hall–Kier alpha value is -1.33. The van der Waals surface area contributed by atoms with Crippen molar-refractivity contribution < 1.29 is 4.79 Å². The molecule has 1 aromatic rings. The van der Waals surface area contributed by atoms with Gasteiger partial charge in [-0.2, -0.15) is 0 Å². The number of pyridine rings is 1. The van der Waals surface area contributed by atoms with Crippen molar-refractivity contribution in [2.24, 2.45) is 0 Å². The molecule has 2 saturated heterocycles. The molecule has 0 radical (unpaired) electrons. The molecule has 6 heteroatoms. The number of carbonyl (C=O) groups is 1. The predicted molar refractivity (Wildman–Crippen MR) is 72.2 cm³/mol. The van der Waals surface area contributed by atoms with Gasteiger partial charge < -0.3 is 10.2 Å². The van der Waals surface area contributed by atoms with Crippen LogP contribution in [0.2, 0.25) is 0 Å². The number of piperidine rings is 1. The van der Waals surface area contributed by atoms with E-state index in [9.17, 15) is 4.79 Å². The largest absolute Gasteiger partial charge is 0.324 e. The van der Waals surface area contributed by atoms with Crippen LogP contribution in [0.1, 0.15) is 6.42 Å². The number of fused-ring (bicyclic) bond motifs is 1. The van der Waals surface area contributed by atoms with Gasteiger partial charge in [-0.3, -0.25) is 9.88 Å². The van der Waals surface area contributed by atoms with Gasteiger partial charge in [0.2, 0.25) is 0 Å². The molecule has 2 atom stereocenters. The van der Waals surface area contributed by atoms with E-state index in [1.807, 2.05) is 29.0 Å². The number of hydrogen-bond donors (Lipinski definition) is 1. The molecule has 0 aromatic carbocycles. The molecular weight excluding hydrogens is 252 g/mol. The summed E-state index contributed by atoms with van der Waals surface area (Å²) in [4.78, 5) is 20.1. The van der Waals surface area contributed by atoms with Gasteiger partial charge in [0.05, 0.1) is 24.0 Å². The van der Waals surface area contributed by atoms with Crippen molar-refractivity contribution in [3.63, 3.8) is 0 Å². The summed E-state index contributed by atoms with van der Waals surface area (Å²) in [6.07, 6.45) is 4.50. The Morgan fingerprint density at radius 3 is 3.00 bits per heavy atom. The van der Waals surface area contributed by atoms with E-state index in [4.69, 9.17) is 0 Å². The summed E-state index contributed by atoms with van der Waals surface area (Å²) in [7, 11) is 1.89. The number of halogens is 1. The van der Waals surface area contributed by atoms with E-state index >= 15 is 0 Å². The van der Waals surface area contributed by atoms with Crippen molar-refractivity contribution >= 4 is 24.1 Å². The highest BCUT2D eigenvalue weighted by molar-refractivity contribution is 5.95. The Balaban J connectivity index is 0.00000120. The zero-order chi connectivity index (χ0) is 11.8. The zero-order valence-corrected chi connectivity index (χ0v) is 11.1. The molecule has 2 aliphatic rings. The Morgan fingerprint density at radius 1 is 1.44 bits per heavy atom. The summed E-state index contributed by atoms with van der Waals surface area (Å²) < 4.78 is 0. The maximum atomic E-state index is 12.3. The van der Waals surface area contributed by atoms with Crippen LogP contribution in [0.25, 0.3) is 0 Å². The molecule has 1 N–H and O–H groups in total. The van der Waals surface area contributed by atoms with Crippen molar-refractivity contribution in [2.75, 3.05) is 25.0 Å². The first-order chi connectivity index (χ1) is 8.29. The van der Waals surface area contributed by atoms with Gasteiger partial charge in [0.25, 0.3) is 0 Å². The van der Waals surface area contributed by atoms with Gasteiger partial charge in [-0.25, -0.2) is 4.79 Å². The van der Waals surface area contributed by atoms with Crippen LogP contribution < -0.4 is 10.2 Å². The first-order valence-electron chi connectivity index (χ1n) is 5.96. The summed E-state index contributed by atoms with van der Waals surface area (Å²) in [6.45, 7) is 1.84. The standard InChI is InChI=1S/C12H16N4O.ClH/c1-15-10-4-6-14-8-11(10)16(12(15)17)9-3-2-5-13-7-9;/h2-3,5,7,10-11,14H,4,6,8H2,1H3;1H/t10-,11+;/m0./s1. The SMILES string of the molecule is CN1C(=O)N(c2cccnc2)[C@@H]2CNCC[C@@H]21.Cl. The Labute approximate surface area is 113 Å². The van der Waals surface area contributed by atoms with E-state index in [1.54, 1.807) is 12.4 Å². The number of likely N-dealkylation sites (N-methyl/N-ethyl adjacent to an activating group) is 1. The van der Waals surface area contributed by atoms with Crippen LogP contribution in [-0.4, -0.2) is 48.1 Å². The molecule has 0 unspecified atom stereocenters. The molecule has 0 bridgehead atoms. The van der Waals surface area contributed by atoms with Crippen molar-refractivity contribution in [2.45, 2.75) is 18.5 Å². The lowest BCUT2D eigenvalue weighted by Gasteiger charge is -2.31.